The van der Waals surface area contributed by atoms with Gasteiger partial charge in [-0.3, -0.25) is 0 Å². The lowest BCUT2D eigenvalue weighted by atomic mass is 9.80. The number of fused-ring (bicyclic) bond motifs is 14. The summed E-state index contributed by atoms with van der Waals surface area (Å²) in [6.07, 6.45) is -4.65. The van der Waals surface area contributed by atoms with E-state index in [-0.39, 0.29) is 10.8 Å². The Balaban J connectivity index is 1.06. The lowest BCUT2D eigenvalue weighted by Gasteiger charge is -2.23. The second-order valence-corrected chi connectivity index (χ2v) is 21.8. The van der Waals surface area contributed by atoms with Gasteiger partial charge in [0.15, 0.2) is 17.5 Å². The quantitative estimate of drug-likeness (QED) is 0.167. The van der Waals surface area contributed by atoms with Gasteiger partial charge in [-0.2, -0.15) is 13.2 Å². The molecule has 3 heterocycles. The largest absolute Gasteiger partial charge is 0.416 e. The summed E-state index contributed by atoms with van der Waals surface area (Å²) in [7, 11) is 0. The number of hydrogen-bond donors (Lipinski definition) is 0. The van der Waals surface area contributed by atoms with Gasteiger partial charge in [0.2, 0.25) is 0 Å². The second-order valence-electron chi connectivity index (χ2n) is 21.8. The lowest BCUT2D eigenvalue weighted by molar-refractivity contribution is -0.137. The van der Waals surface area contributed by atoms with Crippen molar-refractivity contribution in [2.24, 2.45) is 0 Å². The normalized spacial score (nSPS) is 14.0. The molecule has 3 aromatic heterocycles. The predicted molar refractivity (Wildman–Crippen MR) is 310 cm³/mol. The summed E-state index contributed by atoms with van der Waals surface area (Å²) in [4.78, 5) is 15.4. The molecule has 0 atom stereocenters. The third-order valence-corrected chi connectivity index (χ3v) is 16.8. The number of rotatable bonds is 6. The standard InChI is InChI=1S/C70H48F3N5/c1-68(2)53-27-15-11-23-45(53)48-34-37-58-61(63(48)68)50-25-13-17-29-55(50)77(58)57-36-32-44(70(71,72)73)40-52(57)47-33-31-43(67-75-65(41-19-7-5-8-20-41)74-66(76-67)42-21-9-6-10-22-42)39-60(47)78-56-30-18-14-26-51(56)62-59(78)38-35-49-46-24-12-16-28-54(46)69(3,4)64(49)62/h5-40H,1-4H3. The first-order valence-corrected chi connectivity index (χ1v) is 26.4. The van der Waals surface area contributed by atoms with E-state index in [1.54, 1.807) is 6.07 Å². The maximum atomic E-state index is 15.5. The highest BCUT2D eigenvalue weighted by Gasteiger charge is 2.40. The molecular formula is C70H48F3N5. The monoisotopic (exact) mass is 1020 g/mol. The number of para-hydroxylation sites is 2. The molecule has 0 saturated carbocycles. The Morgan fingerprint density at radius 3 is 1.29 bits per heavy atom. The van der Waals surface area contributed by atoms with E-state index >= 15 is 13.2 Å². The SMILES string of the molecule is CC1(C)c2ccccc2-c2ccc3c(c21)c1ccccc1n3-c1ccc(C(F)(F)F)cc1-c1ccc(-c2nc(-c3ccccc3)nc(-c3ccccc3)n2)cc1-n1c2ccccc2c2c3c(ccc21)-c1ccccc1C3(C)C. The zero-order chi connectivity index (χ0) is 52.8. The molecule has 5 nitrogen and oxygen atoms in total. The summed E-state index contributed by atoms with van der Waals surface area (Å²) in [6.45, 7) is 9.14. The van der Waals surface area contributed by atoms with E-state index < -0.39 is 11.7 Å². The Morgan fingerprint density at radius 2 is 0.782 bits per heavy atom. The van der Waals surface area contributed by atoms with E-state index in [1.807, 2.05) is 84.9 Å². The highest BCUT2D eigenvalue weighted by atomic mass is 19.4. The van der Waals surface area contributed by atoms with Gasteiger partial charge in [0.05, 0.1) is 39.0 Å². The minimum absolute atomic E-state index is 0.352. The molecule has 0 unspecified atom stereocenters. The van der Waals surface area contributed by atoms with Crippen LogP contribution < -0.4 is 0 Å². The summed E-state index contributed by atoms with van der Waals surface area (Å²) in [5.74, 6) is 1.44. The van der Waals surface area contributed by atoms with E-state index in [2.05, 4.69) is 152 Å². The van der Waals surface area contributed by atoms with Crippen LogP contribution in [0.25, 0.3) is 123 Å². The molecule has 78 heavy (non-hydrogen) atoms. The highest BCUT2D eigenvalue weighted by Crippen LogP contribution is 2.56. The lowest BCUT2D eigenvalue weighted by Crippen LogP contribution is -2.15. The number of nitrogens with zero attached hydrogens (tertiary/aromatic N) is 5. The van der Waals surface area contributed by atoms with Crippen molar-refractivity contribution in [3.8, 4) is 78.9 Å². The fraction of sp³-hybridized carbons (Fsp3) is 0.100. The van der Waals surface area contributed by atoms with Gasteiger partial charge < -0.3 is 9.13 Å². The third-order valence-electron chi connectivity index (χ3n) is 16.8. The van der Waals surface area contributed by atoms with Crippen molar-refractivity contribution in [2.45, 2.75) is 44.7 Å². The van der Waals surface area contributed by atoms with Gasteiger partial charge in [0.1, 0.15) is 0 Å². The van der Waals surface area contributed by atoms with Crippen LogP contribution in [-0.2, 0) is 17.0 Å². The van der Waals surface area contributed by atoms with Gasteiger partial charge in [-0.1, -0.05) is 198 Å². The van der Waals surface area contributed by atoms with Crippen molar-refractivity contribution in [3.63, 3.8) is 0 Å². The average Bonchev–Trinajstić information content (AvgIpc) is 3.00. The van der Waals surface area contributed by atoms with Crippen molar-refractivity contribution in [2.75, 3.05) is 0 Å². The van der Waals surface area contributed by atoms with E-state index in [4.69, 9.17) is 15.0 Å². The molecule has 374 valence electrons. The summed E-state index contributed by atoms with van der Waals surface area (Å²) < 4.78 is 51.0. The van der Waals surface area contributed by atoms with Crippen molar-refractivity contribution in [1.29, 1.82) is 0 Å². The van der Waals surface area contributed by atoms with Crippen molar-refractivity contribution < 1.29 is 13.2 Å². The molecule has 0 amide bonds. The van der Waals surface area contributed by atoms with E-state index in [0.29, 0.717) is 45.5 Å². The number of alkyl halides is 3. The Labute approximate surface area is 448 Å². The van der Waals surface area contributed by atoms with Crippen LogP contribution in [0.1, 0.15) is 55.5 Å². The number of benzene rings is 10. The Hall–Kier alpha value is -9.40. The van der Waals surface area contributed by atoms with Crippen molar-refractivity contribution in [3.05, 3.63) is 246 Å². The van der Waals surface area contributed by atoms with E-state index in [9.17, 15) is 0 Å². The van der Waals surface area contributed by atoms with Gasteiger partial charge >= 0.3 is 6.18 Å². The first-order chi connectivity index (χ1) is 37.9. The molecule has 2 aliphatic carbocycles. The van der Waals surface area contributed by atoms with Crippen LogP contribution in [0.5, 0.6) is 0 Å². The molecule has 0 saturated heterocycles. The molecule has 0 aliphatic heterocycles. The van der Waals surface area contributed by atoms with Crippen molar-refractivity contribution in [1.82, 2.24) is 24.1 Å². The number of hydrogen-bond acceptors (Lipinski definition) is 3. The molecule has 0 N–H and O–H groups in total. The van der Waals surface area contributed by atoms with Gasteiger partial charge in [-0.25, -0.2) is 15.0 Å². The topological polar surface area (TPSA) is 48.5 Å². The fourth-order valence-corrected chi connectivity index (χ4v) is 13.3. The fourth-order valence-electron chi connectivity index (χ4n) is 13.3. The molecular weight excluding hydrogens is 968 g/mol. The van der Waals surface area contributed by atoms with Gasteiger partial charge in [0.25, 0.3) is 0 Å². The first kappa shape index (κ1) is 45.9. The molecule has 0 bridgehead atoms. The van der Waals surface area contributed by atoms with Crippen LogP contribution in [0.15, 0.2) is 218 Å². The smallest absolute Gasteiger partial charge is 0.309 e. The number of halogens is 3. The Bertz CT molecular complexity index is 4600. The summed E-state index contributed by atoms with van der Waals surface area (Å²) in [5.41, 5.74) is 16.5. The van der Waals surface area contributed by atoms with Gasteiger partial charge in [0, 0.05) is 60.2 Å². The maximum Gasteiger partial charge on any atom is 0.416 e. The zero-order valence-corrected chi connectivity index (χ0v) is 43.2. The summed E-state index contributed by atoms with van der Waals surface area (Å²) in [5, 5.41) is 4.26. The first-order valence-electron chi connectivity index (χ1n) is 26.4. The van der Waals surface area contributed by atoms with Crippen LogP contribution in [0, 0.1) is 0 Å². The molecule has 0 spiro atoms. The molecule has 13 aromatic rings. The van der Waals surface area contributed by atoms with Crippen LogP contribution in [-0.4, -0.2) is 24.1 Å². The molecule has 2 aliphatic rings. The van der Waals surface area contributed by atoms with Crippen LogP contribution in [0.3, 0.4) is 0 Å². The van der Waals surface area contributed by atoms with Gasteiger partial charge in [-0.05, 0) is 93.0 Å². The highest BCUT2D eigenvalue weighted by molar-refractivity contribution is 6.16. The van der Waals surface area contributed by atoms with E-state index in [0.717, 1.165) is 54.7 Å². The third kappa shape index (κ3) is 6.59. The molecule has 0 radical (unpaired) electrons. The van der Waals surface area contributed by atoms with Crippen LogP contribution in [0.4, 0.5) is 13.2 Å². The summed E-state index contributed by atoms with van der Waals surface area (Å²) >= 11 is 0. The number of aromatic nitrogens is 5. The maximum absolute atomic E-state index is 15.5. The zero-order valence-electron chi connectivity index (χ0n) is 43.2. The molecule has 15 rings (SSSR count). The molecule has 10 aromatic carbocycles. The average molecular weight is 1020 g/mol. The van der Waals surface area contributed by atoms with Crippen LogP contribution >= 0.6 is 0 Å². The van der Waals surface area contributed by atoms with Crippen LogP contribution in [0.2, 0.25) is 0 Å². The minimum atomic E-state index is -4.65. The van der Waals surface area contributed by atoms with Crippen molar-refractivity contribution >= 4 is 43.6 Å². The Kier molecular flexibility index (Phi) is 9.75. The molecule has 8 heteroatoms. The van der Waals surface area contributed by atoms with E-state index in [1.165, 1.54) is 56.6 Å². The predicted octanol–water partition coefficient (Wildman–Crippen LogP) is 18.4. The second kappa shape index (κ2) is 16.6. The summed E-state index contributed by atoms with van der Waals surface area (Å²) in [6, 6.07) is 72.6. The van der Waals surface area contributed by atoms with Gasteiger partial charge in [-0.15, -0.1) is 0 Å². The molecule has 0 fully saturated rings. The minimum Gasteiger partial charge on any atom is -0.309 e. The Morgan fingerprint density at radius 1 is 0.346 bits per heavy atom.